The summed E-state index contributed by atoms with van der Waals surface area (Å²) < 4.78 is 13.2. The van der Waals surface area contributed by atoms with Gasteiger partial charge in [0.25, 0.3) is 0 Å². The Bertz CT molecular complexity index is 1840. The van der Waals surface area contributed by atoms with Crippen LogP contribution in [0.4, 0.5) is 4.79 Å². The molecule has 2 heterocycles. The number of para-hydroxylation sites is 1. The quantitative estimate of drug-likeness (QED) is 0.116. The van der Waals surface area contributed by atoms with E-state index in [1.54, 1.807) is 18.1 Å². The number of carbonyl (C=O) groups is 3. The summed E-state index contributed by atoms with van der Waals surface area (Å²) in [4.78, 5) is 42.8. The molecule has 1 N–H and O–H groups in total. The molecule has 50 heavy (non-hydrogen) atoms. The van der Waals surface area contributed by atoms with Crippen LogP contribution >= 0.6 is 0 Å². The molecule has 6 rings (SSSR count). The standard InChI is InChI=1S/C41H47N3O6/c1-28(2)50-41(48)43-22-20-35(32-9-6-8-31(24-32)30-15-12-29(13-16-30)14-19-39(45)46)37(27-43)40(47)44(34-17-18-34)26-33-25-42(21-7-23-49-3)38-11-5-4-10-36(33)38/h4-6,8-16,19,24-25,28,34-35,37H,7,17-18,20-23,26-27H2,1-3H3,(H,45,46)/b19-14+/t35-,37+/m1/s1. The molecule has 2 atom stereocenters. The number of piperidine rings is 1. The van der Waals surface area contributed by atoms with Crippen molar-refractivity contribution < 1.29 is 29.0 Å². The topological polar surface area (TPSA) is 101 Å². The van der Waals surface area contributed by atoms with E-state index in [9.17, 15) is 14.4 Å². The molecule has 0 bridgehead atoms. The van der Waals surface area contributed by atoms with Gasteiger partial charge in [-0.05, 0) is 85.4 Å². The predicted octanol–water partition coefficient (Wildman–Crippen LogP) is 7.58. The molecule has 3 aromatic carbocycles. The van der Waals surface area contributed by atoms with Crippen LogP contribution in [0.15, 0.2) is 85.1 Å². The first kappa shape index (κ1) is 35.0. The molecule has 1 aliphatic carbocycles. The summed E-state index contributed by atoms with van der Waals surface area (Å²) in [5.74, 6) is -1.42. The maximum atomic E-state index is 14.9. The Morgan fingerprint density at radius 3 is 2.48 bits per heavy atom. The number of aromatic nitrogens is 1. The Labute approximate surface area is 294 Å². The van der Waals surface area contributed by atoms with Gasteiger partial charge < -0.3 is 28.9 Å². The predicted molar refractivity (Wildman–Crippen MR) is 195 cm³/mol. The van der Waals surface area contributed by atoms with Gasteiger partial charge in [0.2, 0.25) is 5.91 Å². The summed E-state index contributed by atoms with van der Waals surface area (Å²) in [6.07, 6.45) is 7.76. The number of hydrogen-bond acceptors (Lipinski definition) is 5. The second-order valence-electron chi connectivity index (χ2n) is 13.7. The SMILES string of the molecule is COCCCn1cc(CN(C(=O)[C@H]2CN(C(=O)OC(C)C)CC[C@@H]2c2cccc(-c3ccc(/C=C/C(=O)O)cc3)c2)C2CC2)c2ccccc21. The Morgan fingerprint density at radius 1 is 0.980 bits per heavy atom. The third-order valence-corrected chi connectivity index (χ3v) is 9.73. The fourth-order valence-corrected chi connectivity index (χ4v) is 7.13. The van der Waals surface area contributed by atoms with Gasteiger partial charge in [-0.3, -0.25) is 4.79 Å². The first-order valence-electron chi connectivity index (χ1n) is 17.6. The number of aryl methyl sites for hydroxylation is 1. The molecule has 1 saturated heterocycles. The van der Waals surface area contributed by atoms with Crippen molar-refractivity contribution in [3.05, 3.63) is 102 Å². The van der Waals surface area contributed by atoms with Crippen molar-refractivity contribution in [2.45, 2.75) is 70.7 Å². The summed E-state index contributed by atoms with van der Waals surface area (Å²) in [5.41, 5.74) is 6.18. The minimum Gasteiger partial charge on any atom is -0.478 e. The molecule has 262 valence electrons. The molecule has 2 aliphatic rings. The van der Waals surface area contributed by atoms with Crippen LogP contribution in [0.5, 0.6) is 0 Å². The van der Waals surface area contributed by atoms with Crippen LogP contribution in [0.1, 0.15) is 62.1 Å². The maximum absolute atomic E-state index is 14.9. The van der Waals surface area contributed by atoms with Gasteiger partial charge >= 0.3 is 12.1 Å². The molecule has 4 aromatic rings. The van der Waals surface area contributed by atoms with Crippen molar-refractivity contribution in [1.29, 1.82) is 0 Å². The zero-order valence-electron chi connectivity index (χ0n) is 29.2. The second kappa shape index (κ2) is 15.8. The van der Waals surface area contributed by atoms with Crippen LogP contribution in [0.3, 0.4) is 0 Å². The lowest BCUT2D eigenvalue weighted by Gasteiger charge is -2.40. The molecule has 0 spiro atoms. The van der Waals surface area contributed by atoms with E-state index >= 15 is 0 Å². The third-order valence-electron chi connectivity index (χ3n) is 9.73. The van der Waals surface area contributed by atoms with E-state index in [1.807, 2.05) is 44.2 Å². The van der Waals surface area contributed by atoms with E-state index in [0.29, 0.717) is 32.7 Å². The number of carboxylic acid groups (broad SMARTS) is 1. The monoisotopic (exact) mass is 677 g/mol. The van der Waals surface area contributed by atoms with Crippen molar-refractivity contribution in [2.75, 3.05) is 26.8 Å². The van der Waals surface area contributed by atoms with E-state index in [4.69, 9.17) is 14.6 Å². The number of ether oxygens (including phenoxy) is 2. The van der Waals surface area contributed by atoms with E-state index in [2.05, 4.69) is 58.1 Å². The van der Waals surface area contributed by atoms with Gasteiger partial charge in [-0.15, -0.1) is 0 Å². The first-order chi connectivity index (χ1) is 24.2. The second-order valence-corrected chi connectivity index (χ2v) is 13.7. The Balaban J connectivity index is 1.30. The zero-order valence-corrected chi connectivity index (χ0v) is 29.2. The third kappa shape index (κ3) is 8.28. The smallest absolute Gasteiger partial charge is 0.410 e. The van der Waals surface area contributed by atoms with Crippen molar-refractivity contribution in [3.63, 3.8) is 0 Å². The summed E-state index contributed by atoms with van der Waals surface area (Å²) in [6.45, 7) is 6.52. The number of carbonyl (C=O) groups excluding carboxylic acids is 2. The molecular formula is C41H47N3O6. The largest absolute Gasteiger partial charge is 0.478 e. The summed E-state index contributed by atoms with van der Waals surface area (Å²) in [7, 11) is 1.72. The summed E-state index contributed by atoms with van der Waals surface area (Å²) >= 11 is 0. The number of hydrogen-bond donors (Lipinski definition) is 1. The van der Waals surface area contributed by atoms with E-state index in [0.717, 1.165) is 70.6 Å². The minimum absolute atomic E-state index is 0.0794. The minimum atomic E-state index is -0.987. The fourth-order valence-electron chi connectivity index (χ4n) is 7.13. The van der Waals surface area contributed by atoms with E-state index < -0.39 is 11.9 Å². The van der Waals surface area contributed by atoms with Crippen LogP contribution < -0.4 is 0 Å². The molecule has 2 amide bonds. The van der Waals surface area contributed by atoms with E-state index in [-0.39, 0.29) is 30.1 Å². The number of likely N-dealkylation sites (tertiary alicyclic amines) is 1. The lowest BCUT2D eigenvalue weighted by atomic mass is 9.79. The highest BCUT2D eigenvalue weighted by atomic mass is 16.6. The lowest BCUT2D eigenvalue weighted by Crippen LogP contribution is -2.50. The molecule has 9 nitrogen and oxygen atoms in total. The summed E-state index contributed by atoms with van der Waals surface area (Å²) in [6, 6.07) is 24.6. The summed E-state index contributed by atoms with van der Waals surface area (Å²) in [5, 5.41) is 10.1. The Hall–Kier alpha value is -4.89. The van der Waals surface area contributed by atoms with Crippen LogP contribution in [-0.4, -0.2) is 76.4 Å². The van der Waals surface area contributed by atoms with Crippen LogP contribution in [-0.2, 0) is 32.2 Å². The van der Waals surface area contributed by atoms with Crippen molar-refractivity contribution in [1.82, 2.24) is 14.4 Å². The Morgan fingerprint density at radius 2 is 1.76 bits per heavy atom. The van der Waals surface area contributed by atoms with E-state index in [1.165, 1.54) is 0 Å². The van der Waals surface area contributed by atoms with Crippen molar-refractivity contribution >= 4 is 34.9 Å². The number of fused-ring (bicyclic) bond motifs is 1. The van der Waals surface area contributed by atoms with Gasteiger partial charge in [-0.1, -0.05) is 66.7 Å². The zero-order chi connectivity index (χ0) is 35.2. The number of methoxy groups -OCH3 is 1. The van der Waals surface area contributed by atoms with Crippen molar-refractivity contribution in [2.24, 2.45) is 5.92 Å². The van der Waals surface area contributed by atoms with Crippen molar-refractivity contribution in [3.8, 4) is 11.1 Å². The number of aliphatic carboxylic acids is 1. The number of benzene rings is 3. The van der Waals surface area contributed by atoms with Gasteiger partial charge in [-0.25, -0.2) is 9.59 Å². The molecule has 1 aromatic heterocycles. The highest BCUT2D eigenvalue weighted by Crippen LogP contribution is 2.40. The van der Waals surface area contributed by atoms with Gasteiger partial charge in [0.05, 0.1) is 12.0 Å². The van der Waals surface area contributed by atoms with Crippen LogP contribution in [0.2, 0.25) is 0 Å². The first-order valence-corrected chi connectivity index (χ1v) is 17.6. The molecule has 0 radical (unpaired) electrons. The Kier molecular flexibility index (Phi) is 11.0. The van der Waals surface area contributed by atoms with Gasteiger partial charge in [-0.2, -0.15) is 0 Å². The number of nitrogens with zero attached hydrogens (tertiary/aromatic N) is 3. The van der Waals surface area contributed by atoms with Gasteiger partial charge in [0.15, 0.2) is 0 Å². The molecule has 1 saturated carbocycles. The highest BCUT2D eigenvalue weighted by molar-refractivity contribution is 5.87. The number of amides is 2. The van der Waals surface area contributed by atoms with Gasteiger partial charge in [0, 0.05) is 69.1 Å². The lowest BCUT2D eigenvalue weighted by molar-refractivity contribution is -0.139. The fraction of sp³-hybridized carbons (Fsp3) is 0.390. The average Bonchev–Trinajstić information content (AvgIpc) is 3.91. The molecule has 2 fully saturated rings. The average molecular weight is 678 g/mol. The maximum Gasteiger partial charge on any atom is 0.410 e. The van der Waals surface area contributed by atoms with Gasteiger partial charge in [0.1, 0.15) is 0 Å². The number of carboxylic acids is 1. The number of rotatable bonds is 13. The molecular weight excluding hydrogens is 630 g/mol. The normalized spacial score (nSPS) is 17.8. The molecule has 1 aliphatic heterocycles. The van der Waals surface area contributed by atoms with Crippen LogP contribution in [0.25, 0.3) is 28.1 Å². The molecule has 9 heteroatoms. The molecule has 0 unspecified atom stereocenters. The van der Waals surface area contributed by atoms with Crippen LogP contribution in [0, 0.1) is 5.92 Å². The highest BCUT2D eigenvalue weighted by Gasteiger charge is 2.43.